The summed E-state index contributed by atoms with van der Waals surface area (Å²) < 4.78 is 19.6. The normalized spacial score (nSPS) is 10.6. The molecule has 0 fully saturated rings. The molecule has 2 aromatic carbocycles. The summed E-state index contributed by atoms with van der Waals surface area (Å²) in [6, 6.07) is 12.8. The van der Waals surface area contributed by atoms with Gasteiger partial charge in [-0.05, 0) is 47.9 Å². The molecule has 0 radical (unpaired) electrons. The average Bonchev–Trinajstić information content (AvgIpc) is 2.50. The Labute approximate surface area is 133 Å². The zero-order chi connectivity index (χ0) is 15.1. The van der Waals surface area contributed by atoms with Crippen LogP contribution in [0.4, 0.5) is 4.39 Å². The van der Waals surface area contributed by atoms with Crippen molar-refractivity contribution in [1.82, 2.24) is 5.32 Å². The average molecular weight is 352 g/mol. The third-order valence-electron chi connectivity index (χ3n) is 3.05. The van der Waals surface area contributed by atoms with Gasteiger partial charge in [0.25, 0.3) is 0 Å². The van der Waals surface area contributed by atoms with E-state index in [1.54, 1.807) is 12.1 Å². The lowest BCUT2D eigenvalue weighted by molar-refractivity contribution is 0.317. The lowest BCUT2D eigenvalue weighted by Crippen LogP contribution is -2.13. The van der Waals surface area contributed by atoms with Crippen molar-refractivity contribution < 1.29 is 9.13 Å². The van der Waals surface area contributed by atoms with E-state index < -0.39 is 0 Å². The van der Waals surface area contributed by atoms with Gasteiger partial charge >= 0.3 is 0 Å². The molecule has 0 aromatic heterocycles. The van der Waals surface area contributed by atoms with E-state index in [9.17, 15) is 4.39 Å². The number of hydrogen-bond donors (Lipinski definition) is 1. The second-order valence-corrected chi connectivity index (χ2v) is 5.69. The molecule has 0 atom stereocenters. The summed E-state index contributed by atoms with van der Waals surface area (Å²) in [7, 11) is 0. The Morgan fingerprint density at radius 1 is 1.10 bits per heavy atom. The van der Waals surface area contributed by atoms with E-state index in [0.29, 0.717) is 6.54 Å². The van der Waals surface area contributed by atoms with E-state index in [-0.39, 0.29) is 5.82 Å². The van der Waals surface area contributed by atoms with Gasteiger partial charge in [0.15, 0.2) is 0 Å². The summed E-state index contributed by atoms with van der Waals surface area (Å²) in [5.74, 6) is 0.681. The molecule has 0 heterocycles. The molecule has 0 bridgehead atoms. The third kappa shape index (κ3) is 5.14. The second-order valence-electron chi connectivity index (χ2n) is 4.83. The molecule has 0 unspecified atom stereocenters. The molecule has 0 spiro atoms. The van der Waals surface area contributed by atoms with E-state index in [2.05, 4.69) is 28.2 Å². The molecular weight excluding hydrogens is 333 g/mol. The van der Waals surface area contributed by atoms with Gasteiger partial charge in [-0.25, -0.2) is 4.39 Å². The van der Waals surface area contributed by atoms with Crippen LogP contribution in [0.5, 0.6) is 5.75 Å². The third-order valence-corrected chi connectivity index (χ3v) is 3.82. The quantitative estimate of drug-likeness (QED) is 0.782. The number of benzene rings is 2. The molecule has 1 N–H and O–H groups in total. The predicted octanol–water partition coefficient (Wildman–Crippen LogP) is 4.67. The van der Waals surface area contributed by atoms with Crippen molar-refractivity contribution in [1.29, 1.82) is 0 Å². The fourth-order valence-corrected chi connectivity index (χ4v) is 2.33. The van der Waals surface area contributed by atoms with Crippen molar-refractivity contribution in [3.8, 4) is 5.75 Å². The fourth-order valence-electron chi connectivity index (χ4n) is 1.94. The van der Waals surface area contributed by atoms with Gasteiger partial charge in [0.2, 0.25) is 0 Å². The molecule has 0 saturated heterocycles. The number of hydrogen-bond acceptors (Lipinski definition) is 2. The monoisotopic (exact) mass is 351 g/mol. The van der Waals surface area contributed by atoms with Gasteiger partial charge < -0.3 is 10.1 Å². The molecule has 4 heteroatoms. The summed E-state index contributed by atoms with van der Waals surface area (Å²) in [6.45, 7) is 4.18. The first-order valence-electron chi connectivity index (χ1n) is 7.05. The van der Waals surface area contributed by atoms with Crippen LogP contribution in [0.15, 0.2) is 46.9 Å². The van der Waals surface area contributed by atoms with E-state index in [0.717, 1.165) is 35.4 Å². The Balaban J connectivity index is 1.84. The highest BCUT2D eigenvalue weighted by Crippen LogP contribution is 2.18. The lowest BCUT2D eigenvalue weighted by Gasteiger charge is -2.09. The molecule has 112 valence electrons. The van der Waals surface area contributed by atoms with Gasteiger partial charge in [0.1, 0.15) is 11.6 Å². The first-order valence-corrected chi connectivity index (χ1v) is 7.84. The molecule has 2 rings (SSSR count). The van der Waals surface area contributed by atoms with Gasteiger partial charge in [0.05, 0.1) is 6.61 Å². The summed E-state index contributed by atoms with van der Waals surface area (Å²) >= 11 is 3.43. The van der Waals surface area contributed by atoms with Crippen LogP contribution in [0, 0.1) is 5.82 Å². The van der Waals surface area contributed by atoms with Gasteiger partial charge in [-0.2, -0.15) is 0 Å². The van der Waals surface area contributed by atoms with Crippen LogP contribution in [0.1, 0.15) is 24.5 Å². The van der Waals surface area contributed by atoms with Crippen LogP contribution in [0.3, 0.4) is 0 Å². The SMILES string of the molecule is CCCOc1ccc(CNCc2cc(F)ccc2Br)cc1. The molecule has 21 heavy (non-hydrogen) atoms. The second kappa shape index (κ2) is 8.15. The summed E-state index contributed by atoms with van der Waals surface area (Å²) in [4.78, 5) is 0. The minimum absolute atomic E-state index is 0.215. The molecular formula is C17H19BrFNO. The van der Waals surface area contributed by atoms with Gasteiger partial charge in [0, 0.05) is 17.6 Å². The Hall–Kier alpha value is -1.39. The van der Waals surface area contributed by atoms with Gasteiger partial charge in [-0.15, -0.1) is 0 Å². The minimum atomic E-state index is -0.215. The van der Waals surface area contributed by atoms with Crippen LogP contribution < -0.4 is 10.1 Å². The summed E-state index contributed by atoms with van der Waals surface area (Å²) in [5.41, 5.74) is 2.09. The van der Waals surface area contributed by atoms with E-state index in [1.807, 2.05) is 24.3 Å². The Morgan fingerprint density at radius 2 is 1.86 bits per heavy atom. The Morgan fingerprint density at radius 3 is 2.57 bits per heavy atom. The standard InChI is InChI=1S/C17H19BrFNO/c1-2-9-21-16-6-3-13(4-7-16)11-20-12-14-10-15(19)5-8-17(14)18/h3-8,10,20H,2,9,11-12H2,1H3. The maximum absolute atomic E-state index is 13.2. The van der Waals surface area contributed by atoms with Crippen molar-refractivity contribution in [2.45, 2.75) is 26.4 Å². The fraction of sp³-hybridized carbons (Fsp3) is 0.294. The number of ether oxygens (including phenoxy) is 1. The number of nitrogens with one attached hydrogen (secondary N) is 1. The molecule has 0 aliphatic rings. The summed E-state index contributed by atoms with van der Waals surface area (Å²) in [6.07, 6.45) is 1.01. The van der Waals surface area contributed by atoms with E-state index in [1.165, 1.54) is 11.6 Å². The highest BCUT2D eigenvalue weighted by molar-refractivity contribution is 9.10. The molecule has 2 nitrogen and oxygen atoms in total. The van der Waals surface area contributed by atoms with Crippen LogP contribution in [0.2, 0.25) is 0 Å². The smallest absolute Gasteiger partial charge is 0.123 e. The Bertz CT molecular complexity index is 572. The van der Waals surface area contributed by atoms with Crippen molar-refractivity contribution in [2.24, 2.45) is 0 Å². The maximum Gasteiger partial charge on any atom is 0.123 e. The highest BCUT2D eigenvalue weighted by atomic mass is 79.9. The largest absolute Gasteiger partial charge is 0.494 e. The maximum atomic E-state index is 13.2. The zero-order valence-electron chi connectivity index (χ0n) is 12.0. The first kappa shape index (κ1) is 16.0. The van der Waals surface area contributed by atoms with Gasteiger partial charge in [-0.3, -0.25) is 0 Å². The van der Waals surface area contributed by atoms with Crippen LogP contribution in [-0.2, 0) is 13.1 Å². The highest BCUT2D eigenvalue weighted by Gasteiger charge is 2.02. The topological polar surface area (TPSA) is 21.3 Å². The van der Waals surface area contributed by atoms with E-state index >= 15 is 0 Å². The van der Waals surface area contributed by atoms with Crippen molar-refractivity contribution in [2.75, 3.05) is 6.61 Å². The first-order chi connectivity index (χ1) is 10.2. The van der Waals surface area contributed by atoms with Crippen LogP contribution >= 0.6 is 15.9 Å². The molecule has 2 aromatic rings. The zero-order valence-corrected chi connectivity index (χ0v) is 13.6. The van der Waals surface area contributed by atoms with E-state index in [4.69, 9.17) is 4.74 Å². The van der Waals surface area contributed by atoms with Gasteiger partial charge in [-0.1, -0.05) is 35.0 Å². The van der Waals surface area contributed by atoms with Crippen LogP contribution in [0.25, 0.3) is 0 Å². The van der Waals surface area contributed by atoms with Crippen molar-refractivity contribution >= 4 is 15.9 Å². The minimum Gasteiger partial charge on any atom is -0.494 e. The Kier molecular flexibility index (Phi) is 6.21. The van der Waals surface area contributed by atoms with Crippen molar-refractivity contribution in [3.05, 3.63) is 63.9 Å². The number of halogens is 2. The number of rotatable bonds is 7. The van der Waals surface area contributed by atoms with Crippen molar-refractivity contribution in [3.63, 3.8) is 0 Å². The molecule has 0 aliphatic heterocycles. The summed E-state index contributed by atoms with van der Waals surface area (Å²) in [5, 5.41) is 3.31. The van der Waals surface area contributed by atoms with Crippen LogP contribution in [-0.4, -0.2) is 6.61 Å². The predicted molar refractivity (Wildman–Crippen MR) is 86.9 cm³/mol. The molecule has 0 saturated carbocycles. The molecule has 0 amide bonds. The lowest BCUT2D eigenvalue weighted by atomic mass is 10.2. The molecule has 0 aliphatic carbocycles.